The SMILES string of the molecule is O=C(O)COc1ccccc1NC(=O)c1cn[nH]c1. The summed E-state index contributed by atoms with van der Waals surface area (Å²) in [5, 5.41) is 17.4. The largest absolute Gasteiger partial charge is 0.480 e. The number of aromatic nitrogens is 2. The number of carbonyl (C=O) groups is 2. The summed E-state index contributed by atoms with van der Waals surface area (Å²) in [7, 11) is 0. The van der Waals surface area contributed by atoms with E-state index in [0.717, 1.165) is 0 Å². The Hall–Kier alpha value is -2.83. The molecule has 0 bridgehead atoms. The smallest absolute Gasteiger partial charge is 0.341 e. The molecule has 2 aromatic rings. The van der Waals surface area contributed by atoms with Gasteiger partial charge >= 0.3 is 5.97 Å². The van der Waals surface area contributed by atoms with Gasteiger partial charge in [0.15, 0.2) is 6.61 Å². The maximum atomic E-state index is 11.8. The number of para-hydroxylation sites is 2. The van der Waals surface area contributed by atoms with Crippen molar-refractivity contribution in [3.8, 4) is 5.75 Å². The van der Waals surface area contributed by atoms with Crippen LogP contribution in [-0.2, 0) is 4.79 Å². The number of benzene rings is 1. The number of hydrogen-bond acceptors (Lipinski definition) is 4. The zero-order chi connectivity index (χ0) is 13.7. The highest BCUT2D eigenvalue weighted by atomic mass is 16.5. The van der Waals surface area contributed by atoms with Crippen molar-refractivity contribution < 1.29 is 19.4 Å². The molecular formula is C12H11N3O4. The molecule has 0 radical (unpaired) electrons. The summed E-state index contributed by atoms with van der Waals surface area (Å²) in [5.41, 5.74) is 0.767. The zero-order valence-electron chi connectivity index (χ0n) is 9.79. The number of carboxylic acid groups (broad SMARTS) is 1. The fourth-order valence-electron chi connectivity index (χ4n) is 1.40. The topological polar surface area (TPSA) is 104 Å². The molecule has 98 valence electrons. The van der Waals surface area contributed by atoms with Crippen LogP contribution in [0.1, 0.15) is 10.4 Å². The van der Waals surface area contributed by atoms with E-state index in [0.29, 0.717) is 17.0 Å². The number of aromatic amines is 1. The molecule has 1 heterocycles. The van der Waals surface area contributed by atoms with E-state index < -0.39 is 12.6 Å². The molecule has 7 nitrogen and oxygen atoms in total. The number of amides is 1. The van der Waals surface area contributed by atoms with Gasteiger partial charge in [-0.1, -0.05) is 12.1 Å². The fraction of sp³-hybridized carbons (Fsp3) is 0.0833. The maximum absolute atomic E-state index is 11.8. The third kappa shape index (κ3) is 3.32. The van der Waals surface area contributed by atoms with Crippen LogP contribution in [0.4, 0.5) is 5.69 Å². The Morgan fingerprint density at radius 2 is 2.16 bits per heavy atom. The molecule has 0 spiro atoms. The predicted molar refractivity (Wildman–Crippen MR) is 66.1 cm³/mol. The molecule has 19 heavy (non-hydrogen) atoms. The number of nitrogens with zero attached hydrogens (tertiary/aromatic N) is 1. The molecule has 1 aromatic heterocycles. The Morgan fingerprint density at radius 1 is 1.37 bits per heavy atom. The highest BCUT2D eigenvalue weighted by Gasteiger charge is 2.11. The maximum Gasteiger partial charge on any atom is 0.341 e. The monoisotopic (exact) mass is 261 g/mol. The van der Waals surface area contributed by atoms with Crippen LogP contribution >= 0.6 is 0 Å². The highest BCUT2D eigenvalue weighted by molar-refractivity contribution is 6.04. The minimum Gasteiger partial charge on any atom is -0.480 e. The first kappa shape index (κ1) is 12.6. The van der Waals surface area contributed by atoms with Gasteiger partial charge in [-0.25, -0.2) is 4.79 Å². The second kappa shape index (κ2) is 5.67. The number of H-pyrrole nitrogens is 1. The van der Waals surface area contributed by atoms with Crippen molar-refractivity contribution in [2.75, 3.05) is 11.9 Å². The Balaban J connectivity index is 2.11. The molecule has 0 aliphatic rings. The molecule has 1 aromatic carbocycles. The Labute approximate surface area is 108 Å². The van der Waals surface area contributed by atoms with Gasteiger partial charge in [0.25, 0.3) is 5.91 Å². The number of rotatable bonds is 5. The van der Waals surface area contributed by atoms with E-state index in [1.807, 2.05) is 0 Å². The van der Waals surface area contributed by atoms with Gasteiger partial charge in [-0.15, -0.1) is 0 Å². The van der Waals surface area contributed by atoms with E-state index in [4.69, 9.17) is 9.84 Å². The lowest BCUT2D eigenvalue weighted by atomic mass is 10.2. The molecule has 0 fully saturated rings. The minimum absolute atomic E-state index is 0.293. The Morgan fingerprint density at radius 3 is 2.84 bits per heavy atom. The molecule has 7 heteroatoms. The molecule has 1 amide bonds. The van der Waals surface area contributed by atoms with Crippen molar-refractivity contribution >= 4 is 17.6 Å². The number of aliphatic carboxylic acids is 1. The van der Waals surface area contributed by atoms with Gasteiger partial charge in [0.2, 0.25) is 0 Å². The predicted octanol–water partition coefficient (Wildman–Crippen LogP) is 1.13. The van der Waals surface area contributed by atoms with Crippen molar-refractivity contribution in [3.63, 3.8) is 0 Å². The van der Waals surface area contributed by atoms with Gasteiger partial charge in [-0.05, 0) is 12.1 Å². The van der Waals surface area contributed by atoms with Crippen molar-refractivity contribution in [2.45, 2.75) is 0 Å². The first-order valence-corrected chi connectivity index (χ1v) is 5.40. The standard InChI is InChI=1S/C12H11N3O4/c16-11(17)7-19-10-4-2-1-3-9(10)15-12(18)8-5-13-14-6-8/h1-6H,7H2,(H,13,14)(H,15,18)(H,16,17). The van der Waals surface area contributed by atoms with E-state index in [2.05, 4.69) is 15.5 Å². The van der Waals surface area contributed by atoms with E-state index in [1.165, 1.54) is 12.4 Å². The number of carboxylic acids is 1. The van der Waals surface area contributed by atoms with Crippen LogP contribution in [0.2, 0.25) is 0 Å². The third-order valence-electron chi connectivity index (χ3n) is 2.25. The number of anilines is 1. The average Bonchev–Trinajstić information content (AvgIpc) is 2.91. The van der Waals surface area contributed by atoms with Crippen molar-refractivity contribution in [2.24, 2.45) is 0 Å². The number of nitrogens with one attached hydrogen (secondary N) is 2. The van der Waals surface area contributed by atoms with Gasteiger partial charge in [0.05, 0.1) is 17.4 Å². The lowest BCUT2D eigenvalue weighted by Crippen LogP contribution is -2.14. The van der Waals surface area contributed by atoms with Crippen LogP contribution in [-0.4, -0.2) is 33.8 Å². The van der Waals surface area contributed by atoms with E-state index >= 15 is 0 Å². The summed E-state index contributed by atoms with van der Waals surface area (Å²) < 4.78 is 5.08. The summed E-state index contributed by atoms with van der Waals surface area (Å²) in [6.07, 6.45) is 2.84. The molecule has 0 atom stereocenters. The van der Waals surface area contributed by atoms with Gasteiger partial charge in [0.1, 0.15) is 5.75 Å². The molecule has 3 N–H and O–H groups in total. The Kier molecular flexibility index (Phi) is 3.77. The number of carbonyl (C=O) groups excluding carboxylic acids is 1. The van der Waals surface area contributed by atoms with E-state index in [-0.39, 0.29) is 5.91 Å². The second-order valence-corrected chi connectivity index (χ2v) is 3.62. The van der Waals surface area contributed by atoms with Crippen LogP contribution in [0.25, 0.3) is 0 Å². The number of hydrogen-bond donors (Lipinski definition) is 3. The van der Waals surface area contributed by atoms with Gasteiger partial charge in [-0.2, -0.15) is 5.10 Å². The molecule has 0 unspecified atom stereocenters. The highest BCUT2D eigenvalue weighted by Crippen LogP contribution is 2.24. The van der Waals surface area contributed by atoms with Crippen LogP contribution < -0.4 is 10.1 Å². The average molecular weight is 261 g/mol. The van der Waals surface area contributed by atoms with Crippen LogP contribution in [0.3, 0.4) is 0 Å². The van der Waals surface area contributed by atoms with E-state index in [1.54, 1.807) is 24.3 Å². The fourth-order valence-corrected chi connectivity index (χ4v) is 1.40. The lowest BCUT2D eigenvalue weighted by Gasteiger charge is -2.10. The quantitative estimate of drug-likeness (QED) is 0.748. The number of ether oxygens (including phenoxy) is 1. The van der Waals surface area contributed by atoms with Gasteiger partial charge in [0, 0.05) is 6.20 Å². The van der Waals surface area contributed by atoms with Crippen molar-refractivity contribution in [1.82, 2.24) is 10.2 Å². The molecular weight excluding hydrogens is 250 g/mol. The minimum atomic E-state index is -1.09. The summed E-state index contributed by atoms with van der Waals surface area (Å²) in [4.78, 5) is 22.3. The first-order chi connectivity index (χ1) is 9.16. The summed E-state index contributed by atoms with van der Waals surface area (Å²) >= 11 is 0. The lowest BCUT2D eigenvalue weighted by molar-refractivity contribution is -0.139. The molecule has 0 aliphatic heterocycles. The van der Waals surface area contributed by atoms with Crippen LogP contribution in [0.5, 0.6) is 5.75 Å². The summed E-state index contributed by atoms with van der Waals surface area (Å²) in [6, 6.07) is 6.59. The summed E-state index contributed by atoms with van der Waals surface area (Å²) in [6.45, 7) is -0.474. The van der Waals surface area contributed by atoms with E-state index in [9.17, 15) is 9.59 Å². The van der Waals surface area contributed by atoms with Crippen LogP contribution in [0.15, 0.2) is 36.7 Å². The van der Waals surface area contributed by atoms with Crippen molar-refractivity contribution in [3.05, 3.63) is 42.2 Å². The molecule has 0 aliphatic carbocycles. The molecule has 0 saturated heterocycles. The summed E-state index contributed by atoms with van der Waals surface area (Å²) in [5.74, 6) is -1.15. The second-order valence-electron chi connectivity index (χ2n) is 3.62. The third-order valence-corrected chi connectivity index (χ3v) is 2.25. The molecule has 2 rings (SSSR count). The normalized spacial score (nSPS) is 9.89. The first-order valence-electron chi connectivity index (χ1n) is 5.40. The van der Waals surface area contributed by atoms with Crippen molar-refractivity contribution in [1.29, 1.82) is 0 Å². The van der Waals surface area contributed by atoms with Gasteiger partial charge in [-0.3, -0.25) is 9.89 Å². The zero-order valence-corrected chi connectivity index (χ0v) is 9.79. The van der Waals surface area contributed by atoms with Crippen LogP contribution in [0, 0.1) is 0 Å². The molecule has 0 saturated carbocycles. The Bertz CT molecular complexity index is 580. The van der Waals surface area contributed by atoms with Gasteiger partial charge < -0.3 is 15.2 Å².